The van der Waals surface area contributed by atoms with Crippen molar-refractivity contribution in [3.05, 3.63) is 23.9 Å². The maximum Gasteiger partial charge on any atom is 0.410 e. The van der Waals surface area contributed by atoms with Crippen molar-refractivity contribution in [2.24, 2.45) is 5.92 Å². The van der Waals surface area contributed by atoms with Crippen molar-refractivity contribution in [2.75, 3.05) is 31.6 Å². The highest BCUT2D eigenvalue weighted by atomic mass is 16.6. The van der Waals surface area contributed by atoms with Gasteiger partial charge in [0, 0.05) is 32.9 Å². The molecule has 1 fully saturated rings. The van der Waals surface area contributed by atoms with Crippen molar-refractivity contribution in [1.82, 2.24) is 9.88 Å². The number of aromatic nitrogens is 1. The van der Waals surface area contributed by atoms with E-state index in [0.29, 0.717) is 18.0 Å². The Morgan fingerprint density at radius 1 is 1.46 bits per heavy atom. The molecule has 130 valence electrons. The van der Waals surface area contributed by atoms with Gasteiger partial charge in [-0.2, -0.15) is 5.26 Å². The Morgan fingerprint density at radius 2 is 2.12 bits per heavy atom. The van der Waals surface area contributed by atoms with Gasteiger partial charge in [0.2, 0.25) is 0 Å². The van der Waals surface area contributed by atoms with Crippen LogP contribution in [0, 0.1) is 17.2 Å². The molecule has 1 aliphatic heterocycles. The van der Waals surface area contributed by atoms with Crippen LogP contribution in [-0.2, 0) is 4.74 Å². The molecular weight excluding hydrogens is 304 g/mol. The highest BCUT2D eigenvalue weighted by Crippen LogP contribution is 2.24. The average molecular weight is 330 g/mol. The number of pyridine rings is 1. The molecule has 0 N–H and O–H groups in total. The van der Waals surface area contributed by atoms with E-state index in [0.717, 1.165) is 31.7 Å². The Balaban J connectivity index is 1.87. The summed E-state index contributed by atoms with van der Waals surface area (Å²) in [6, 6.07) is 5.78. The number of amides is 1. The summed E-state index contributed by atoms with van der Waals surface area (Å²) in [5.74, 6) is 1.20. The smallest absolute Gasteiger partial charge is 0.410 e. The molecule has 0 bridgehead atoms. The number of carbonyl (C=O) groups is 1. The largest absolute Gasteiger partial charge is 0.444 e. The van der Waals surface area contributed by atoms with Gasteiger partial charge in [0.05, 0.1) is 5.56 Å². The number of nitriles is 1. The third kappa shape index (κ3) is 4.85. The molecular formula is C18H26N4O2. The van der Waals surface area contributed by atoms with Crippen LogP contribution in [0.1, 0.15) is 39.2 Å². The molecule has 2 rings (SSSR count). The van der Waals surface area contributed by atoms with E-state index in [1.54, 1.807) is 30.3 Å². The summed E-state index contributed by atoms with van der Waals surface area (Å²) in [5, 5.41) is 9.20. The number of hydrogen-bond donors (Lipinski definition) is 0. The van der Waals surface area contributed by atoms with E-state index in [9.17, 15) is 10.1 Å². The second-order valence-electron chi connectivity index (χ2n) is 7.28. The number of piperidine rings is 1. The normalized spacial score (nSPS) is 15.7. The van der Waals surface area contributed by atoms with Crippen molar-refractivity contribution in [2.45, 2.75) is 39.2 Å². The first-order chi connectivity index (χ1) is 11.3. The fourth-order valence-corrected chi connectivity index (χ4v) is 2.87. The standard InChI is InChI=1S/C18H26N4O2/c1-18(2,3)24-17(23)21(4)13-14-7-10-22(11-8-14)16-15(12-19)6-5-9-20-16/h5-6,9,14H,7-8,10-11,13H2,1-4H3. The Kier molecular flexibility index (Phi) is 5.66. The summed E-state index contributed by atoms with van der Waals surface area (Å²) in [6.07, 6.45) is 3.38. The predicted molar refractivity (Wildman–Crippen MR) is 92.8 cm³/mol. The van der Waals surface area contributed by atoms with Gasteiger partial charge in [0.1, 0.15) is 17.5 Å². The quantitative estimate of drug-likeness (QED) is 0.852. The monoisotopic (exact) mass is 330 g/mol. The number of carbonyl (C=O) groups excluding carboxylic acids is 1. The van der Waals surface area contributed by atoms with E-state index >= 15 is 0 Å². The van der Waals surface area contributed by atoms with Gasteiger partial charge in [-0.05, 0) is 51.7 Å². The summed E-state index contributed by atoms with van der Waals surface area (Å²) < 4.78 is 5.39. The summed E-state index contributed by atoms with van der Waals surface area (Å²) in [7, 11) is 1.78. The maximum atomic E-state index is 12.0. The first-order valence-electron chi connectivity index (χ1n) is 8.34. The summed E-state index contributed by atoms with van der Waals surface area (Å²) in [5.41, 5.74) is 0.142. The van der Waals surface area contributed by atoms with E-state index in [1.165, 1.54) is 0 Å². The zero-order chi connectivity index (χ0) is 17.7. The minimum Gasteiger partial charge on any atom is -0.444 e. The fraction of sp³-hybridized carbons (Fsp3) is 0.611. The van der Waals surface area contributed by atoms with Gasteiger partial charge in [-0.3, -0.25) is 0 Å². The molecule has 1 aliphatic rings. The van der Waals surface area contributed by atoms with E-state index in [-0.39, 0.29) is 6.09 Å². The lowest BCUT2D eigenvalue weighted by Gasteiger charge is -2.35. The summed E-state index contributed by atoms with van der Waals surface area (Å²) in [6.45, 7) is 8.00. The highest BCUT2D eigenvalue weighted by Gasteiger charge is 2.26. The topological polar surface area (TPSA) is 69.5 Å². The first-order valence-corrected chi connectivity index (χ1v) is 8.34. The van der Waals surface area contributed by atoms with Crippen molar-refractivity contribution < 1.29 is 9.53 Å². The molecule has 6 heteroatoms. The molecule has 24 heavy (non-hydrogen) atoms. The average Bonchev–Trinajstić information content (AvgIpc) is 2.54. The number of anilines is 1. The second-order valence-corrected chi connectivity index (χ2v) is 7.28. The van der Waals surface area contributed by atoms with Crippen LogP contribution < -0.4 is 4.90 Å². The van der Waals surface area contributed by atoms with Crippen LogP contribution >= 0.6 is 0 Å². The van der Waals surface area contributed by atoms with Crippen molar-refractivity contribution in [3.8, 4) is 6.07 Å². The molecule has 1 aromatic heterocycles. The SMILES string of the molecule is CN(CC1CCN(c2ncccc2C#N)CC1)C(=O)OC(C)(C)C. The Hall–Kier alpha value is -2.29. The Bertz CT molecular complexity index is 610. The molecule has 2 heterocycles. The first kappa shape index (κ1) is 18.1. The van der Waals surface area contributed by atoms with Crippen LogP contribution in [0.25, 0.3) is 0 Å². The molecule has 1 amide bonds. The number of nitrogens with zero attached hydrogens (tertiary/aromatic N) is 4. The molecule has 1 aromatic rings. The second kappa shape index (κ2) is 7.52. The zero-order valence-electron chi connectivity index (χ0n) is 15.0. The minimum absolute atomic E-state index is 0.276. The molecule has 6 nitrogen and oxygen atoms in total. The maximum absolute atomic E-state index is 12.0. The highest BCUT2D eigenvalue weighted by molar-refractivity contribution is 5.67. The van der Waals surface area contributed by atoms with Crippen LogP contribution in [0.15, 0.2) is 18.3 Å². The van der Waals surface area contributed by atoms with Gasteiger partial charge < -0.3 is 14.5 Å². The Labute approximate surface area is 144 Å². The van der Waals surface area contributed by atoms with Crippen LogP contribution in [-0.4, -0.2) is 48.3 Å². The van der Waals surface area contributed by atoms with Crippen LogP contribution in [0.4, 0.5) is 10.6 Å². The van der Waals surface area contributed by atoms with E-state index in [4.69, 9.17) is 4.74 Å². The van der Waals surface area contributed by atoms with Crippen molar-refractivity contribution in [1.29, 1.82) is 5.26 Å². The molecule has 0 unspecified atom stereocenters. The van der Waals surface area contributed by atoms with Crippen molar-refractivity contribution >= 4 is 11.9 Å². The van der Waals surface area contributed by atoms with Gasteiger partial charge in [0.15, 0.2) is 0 Å². The van der Waals surface area contributed by atoms with E-state index in [2.05, 4.69) is 16.0 Å². The zero-order valence-corrected chi connectivity index (χ0v) is 15.0. The lowest BCUT2D eigenvalue weighted by Crippen LogP contribution is -2.41. The molecule has 0 saturated carbocycles. The molecule has 0 spiro atoms. The predicted octanol–water partition coefficient (Wildman–Crippen LogP) is 3.04. The summed E-state index contributed by atoms with van der Waals surface area (Å²) in [4.78, 5) is 20.2. The third-order valence-corrected chi connectivity index (χ3v) is 4.06. The number of rotatable bonds is 3. The molecule has 0 aliphatic carbocycles. The fourth-order valence-electron chi connectivity index (χ4n) is 2.87. The number of ether oxygens (including phenoxy) is 1. The van der Waals surface area contributed by atoms with E-state index in [1.807, 2.05) is 20.8 Å². The van der Waals surface area contributed by atoms with Gasteiger partial charge >= 0.3 is 6.09 Å². The van der Waals surface area contributed by atoms with Gasteiger partial charge in [-0.15, -0.1) is 0 Å². The van der Waals surface area contributed by atoms with Crippen LogP contribution in [0.3, 0.4) is 0 Å². The minimum atomic E-state index is -0.471. The van der Waals surface area contributed by atoms with Gasteiger partial charge in [-0.1, -0.05) is 0 Å². The van der Waals surface area contributed by atoms with E-state index < -0.39 is 5.60 Å². The van der Waals surface area contributed by atoms with Crippen LogP contribution in [0.2, 0.25) is 0 Å². The van der Waals surface area contributed by atoms with Crippen LogP contribution in [0.5, 0.6) is 0 Å². The van der Waals surface area contributed by atoms with Gasteiger partial charge in [-0.25, -0.2) is 9.78 Å². The van der Waals surface area contributed by atoms with Crippen molar-refractivity contribution in [3.63, 3.8) is 0 Å². The lowest BCUT2D eigenvalue weighted by atomic mass is 9.96. The summed E-state index contributed by atoms with van der Waals surface area (Å²) >= 11 is 0. The Morgan fingerprint density at radius 3 is 2.71 bits per heavy atom. The molecule has 0 aromatic carbocycles. The van der Waals surface area contributed by atoms with Gasteiger partial charge in [0.25, 0.3) is 0 Å². The number of hydrogen-bond acceptors (Lipinski definition) is 5. The molecule has 1 saturated heterocycles. The molecule has 0 radical (unpaired) electrons. The lowest BCUT2D eigenvalue weighted by molar-refractivity contribution is 0.0266. The third-order valence-electron chi connectivity index (χ3n) is 4.06. The molecule has 0 atom stereocenters.